The van der Waals surface area contributed by atoms with Gasteiger partial charge in [0.2, 0.25) is 5.95 Å². The Labute approximate surface area is 143 Å². The number of benzene rings is 1. The zero-order chi connectivity index (χ0) is 16.6. The van der Waals surface area contributed by atoms with Gasteiger partial charge in [0.25, 0.3) is 0 Å². The molecule has 1 aromatic heterocycles. The molecular weight excluding hydrogens is 302 g/mol. The minimum Gasteiger partial charge on any atom is -0.379 e. The molecule has 1 aromatic carbocycles. The van der Waals surface area contributed by atoms with Crippen LogP contribution in [0.4, 0.5) is 17.5 Å². The third-order valence-electron chi connectivity index (χ3n) is 4.11. The molecule has 128 valence electrons. The minimum atomic E-state index is 0.651. The van der Waals surface area contributed by atoms with Crippen LogP contribution < -0.4 is 10.6 Å². The van der Waals surface area contributed by atoms with Crippen LogP contribution in [0.25, 0.3) is 0 Å². The molecule has 0 spiro atoms. The fraction of sp³-hybridized carbons (Fsp3) is 0.444. The Balaban J connectivity index is 1.51. The molecule has 0 atom stereocenters. The SMILES string of the molecule is CCc1ccc(Nc2ccnc(NCCN3CCOCC3)n2)cc1. The summed E-state index contributed by atoms with van der Waals surface area (Å²) in [5.74, 6) is 1.45. The number of ether oxygens (including phenoxy) is 1. The van der Waals surface area contributed by atoms with Gasteiger partial charge < -0.3 is 15.4 Å². The number of hydrogen-bond acceptors (Lipinski definition) is 6. The van der Waals surface area contributed by atoms with Crippen molar-refractivity contribution in [3.8, 4) is 0 Å². The van der Waals surface area contributed by atoms with Crippen molar-refractivity contribution in [2.24, 2.45) is 0 Å². The van der Waals surface area contributed by atoms with E-state index in [0.29, 0.717) is 5.95 Å². The number of nitrogens with zero attached hydrogens (tertiary/aromatic N) is 3. The number of rotatable bonds is 7. The van der Waals surface area contributed by atoms with Gasteiger partial charge in [0.15, 0.2) is 0 Å². The maximum absolute atomic E-state index is 5.36. The van der Waals surface area contributed by atoms with E-state index in [9.17, 15) is 0 Å². The predicted octanol–water partition coefficient (Wildman–Crippen LogP) is 2.53. The van der Waals surface area contributed by atoms with Gasteiger partial charge >= 0.3 is 0 Å². The normalized spacial score (nSPS) is 15.2. The van der Waals surface area contributed by atoms with Gasteiger partial charge in [0, 0.05) is 38.1 Å². The number of nitrogens with one attached hydrogen (secondary N) is 2. The van der Waals surface area contributed by atoms with Crippen molar-refractivity contribution in [3.05, 3.63) is 42.1 Å². The van der Waals surface area contributed by atoms with E-state index in [4.69, 9.17) is 4.74 Å². The lowest BCUT2D eigenvalue weighted by Crippen LogP contribution is -2.39. The molecule has 0 unspecified atom stereocenters. The molecule has 0 saturated carbocycles. The van der Waals surface area contributed by atoms with Gasteiger partial charge in [-0.1, -0.05) is 19.1 Å². The number of hydrogen-bond donors (Lipinski definition) is 2. The Morgan fingerprint density at radius 3 is 2.67 bits per heavy atom. The summed E-state index contributed by atoms with van der Waals surface area (Å²) in [7, 11) is 0. The van der Waals surface area contributed by atoms with Crippen molar-refractivity contribution in [3.63, 3.8) is 0 Å². The quantitative estimate of drug-likeness (QED) is 0.815. The average molecular weight is 327 g/mol. The van der Waals surface area contributed by atoms with Crippen molar-refractivity contribution in [1.29, 1.82) is 0 Å². The predicted molar refractivity (Wildman–Crippen MR) is 96.9 cm³/mol. The first kappa shape index (κ1) is 16.7. The molecule has 0 bridgehead atoms. The Kier molecular flexibility index (Phi) is 5.98. The fourth-order valence-corrected chi connectivity index (χ4v) is 2.64. The van der Waals surface area contributed by atoms with Crippen LogP contribution in [0, 0.1) is 0 Å². The molecule has 3 rings (SSSR count). The fourth-order valence-electron chi connectivity index (χ4n) is 2.64. The summed E-state index contributed by atoms with van der Waals surface area (Å²) >= 11 is 0. The summed E-state index contributed by atoms with van der Waals surface area (Å²) in [6.07, 6.45) is 2.82. The molecule has 2 N–H and O–H groups in total. The first-order valence-corrected chi connectivity index (χ1v) is 8.56. The summed E-state index contributed by atoms with van der Waals surface area (Å²) in [5.41, 5.74) is 2.36. The van der Waals surface area contributed by atoms with E-state index in [2.05, 4.69) is 56.7 Å². The minimum absolute atomic E-state index is 0.651. The number of anilines is 3. The molecule has 0 amide bonds. The molecule has 0 aliphatic carbocycles. The monoisotopic (exact) mass is 327 g/mol. The van der Waals surface area contributed by atoms with Gasteiger partial charge in [-0.05, 0) is 30.2 Å². The smallest absolute Gasteiger partial charge is 0.224 e. The van der Waals surface area contributed by atoms with E-state index in [1.54, 1.807) is 6.20 Å². The molecule has 2 heterocycles. The van der Waals surface area contributed by atoms with Crippen LogP contribution in [-0.2, 0) is 11.2 Å². The highest BCUT2D eigenvalue weighted by Gasteiger charge is 2.09. The first-order chi connectivity index (χ1) is 11.8. The van der Waals surface area contributed by atoms with Crippen LogP contribution in [0.1, 0.15) is 12.5 Å². The van der Waals surface area contributed by atoms with Crippen molar-refractivity contribution in [2.45, 2.75) is 13.3 Å². The first-order valence-electron chi connectivity index (χ1n) is 8.56. The Hall–Kier alpha value is -2.18. The molecule has 0 radical (unpaired) electrons. The van der Waals surface area contributed by atoms with Gasteiger partial charge in [-0.15, -0.1) is 0 Å². The molecule has 1 fully saturated rings. The van der Waals surface area contributed by atoms with Crippen LogP contribution in [0.15, 0.2) is 36.5 Å². The summed E-state index contributed by atoms with van der Waals surface area (Å²) in [4.78, 5) is 11.2. The van der Waals surface area contributed by atoms with E-state index >= 15 is 0 Å². The van der Waals surface area contributed by atoms with Gasteiger partial charge in [-0.3, -0.25) is 4.90 Å². The maximum Gasteiger partial charge on any atom is 0.224 e. The Bertz CT molecular complexity index is 626. The molecule has 6 heteroatoms. The lowest BCUT2D eigenvalue weighted by Gasteiger charge is -2.26. The van der Waals surface area contributed by atoms with Crippen molar-refractivity contribution in [2.75, 3.05) is 50.0 Å². The van der Waals surface area contributed by atoms with E-state index in [1.807, 2.05) is 6.07 Å². The maximum atomic E-state index is 5.36. The van der Waals surface area contributed by atoms with E-state index < -0.39 is 0 Å². The molecule has 6 nitrogen and oxygen atoms in total. The van der Waals surface area contributed by atoms with Crippen LogP contribution in [0.2, 0.25) is 0 Å². The van der Waals surface area contributed by atoms with Crippen molar-refractivity contribution >= 4 is 17.5 Å². The highest BCUT2D eigenvalue weighted by Crippen LogP contribution is 2.16. The Morgan fingerprint density at radius 2 is 1.92 bits per heavy atom. The van der Waals surface area contributed by atoms with Gasteiger partial charge in [0.1, 0.15) is 5.82 Å². The molecule has 1 aliphatic heterocycles. The summed E-state index contributed by atoms with van der Waals surface area (Å²) in [6.45, 7) is 7.61. The van der Waals surface area contributed by atoms with Crippen molar-refractivity contribution < 1.29 is 4.74 Å². The summed E-state index contributed by atoms with van der Waals surface area (Å²) < 4.78 is 5.36. The van der Waals surface area contributed by atoms with Crippen LogP contribution in [0.3, 0.4) is 0 Å². The van der Waals surface area contributed by atoms with Crippen molar-refractivity contribution in [1.82, 2.24) is 14.9 Å². The second-order valence-corrected chi connectivity index (χ2v) is 5.82. The van der Waals surface area contributed by atoms with Crippen LogP contribution in [-0.4, -0.2) is 54.3 Å². The second-order valence-electron chi connectivity index (χ2n) is 5.82. The lowest BCUT2D eigenvalue weighted by atomic mass is 10.1. The summed E-state index contributed by atoms with van der Waals surface area (Å²) in [6, 6.07) is 10.3. The number of aryl methyl sites for hydroxylation is 1. The van der Waals surface area contributed by atoms with Crippen LogP contribution >= 0.6 is 0 Å². The number of morpholine rings is 1. The third kappa shape index (κ3) is 4.91. The largest absolute Gasteiger partial charge is 0.379 e. The molecular formula is C18H25N5O. The third-order valence-corrected chi connectivity index (χ3v) is 4.11. The highest BCUT2D eigenvalue weighted by atomic mass is 16.5. The summed E-state index contributed by atoms with van der Waals surface area (Å²) in [5, 5.41) is 6.61. The van der Waals surface area contributed by atoms with E-state index in [-0.39, 0.29) is 0 Å². The number of aromatic nitrogens is 2. The van der Waals surface area contributed by atoms with Crippen LogP contribution in [0.5, 0.6) is 0 Å². The topological polar surface area (TPSA) is 62.3 Å². The van der Waals surface area contributed by atoms with Gasteiger partial charge in [-0.2, -0.15) is 4.98 Å². The van der Waals surface area contributed by atoms with E-state index in [0.717, 1.165) is 57.3 Å². The lowest BCUT2D eigenvalue weighted by molar-refractivity contribution is 0.0398. The standard InChI is InChI=1S/C18H25N5O/c1-2-15-3-5-16(6-4-15)21-17-7-8-19-18(22-17)20-9-10-23-11-13-24-14-12-23/h3-8H,2,9-14H2,1H3,(H2,19,20,21,22). The zero-order valence-corrected chi connectivity index (χ0v) is 14.2. The van der Waals surface area contributed by atoms with E-state index in [1.165, 1.54) is 5.56 Å². The van der Waals surface area contributed by atoms with Gasteiger partial charge in [-0.25, -0.2) is 4.98 Å². The van der Waals surface area contributed by atoms with Gasteiger partial charge in [0.05, 0.1) is 13.2 Å². The molecule has 1 aliphatic rings. The zero-order valence-electron chi connectivity index (χ0n) is 14.2. The molecule has 1 saturated heterocycles. The second kappa shape index (κ2) is 8.61. The Morgan fingerprint density at radius 1 is 1.12 bits per heavy atom. The molecule has 24 heavy (non-hydrogen) atoms. The molecule has 2 aromatic rings. The highest BCUT2D eigenvalue weighted by molar-refractivity contribution is 5.57. The average Bonchev–Trinajstić information content (AvgIpc) is 2.64.